The van der Waals surface area contributed by atoms with Gasteiger partial charge in [0.05, 0.1) is 11.1 Å². The number of hydrogen-bond acceptors (Lipinski definition) is 15. The van der Waals surface area contributed by atoms with Gasteiger partial charge in [-0.2, -0.15) is 5.10 Å². The van der Waals surface area contributed by atoms with Gasteiger partial charge in [-0.3, -0.25) is 28.6 Å². The number of carboxylic acid groups (broad SMARTS) is 1. The van der Waals surface area contributed by atoms with E-state index < -0.39 is 50.3 Å². The van der Waals surface area contributed by atoms with Crippen LogP contribution in [-0.4, -0.2) is 104 Å². The van der Waals surface area contributed by atoms with Crippen molar-refractivity contribution in [3.8, 4) is 0 Å². The predicted molar refractivity (Wildman–Crippen MR) is 158 cm³/mol. The van der Waals surface area contributed by atoms with Crippen LogP contribution >= 0.6 is 35.3 Å². The molecule has 1 saturated heterocycles. The van der Waals surface area contributed by atoms with Crippen LogP contribution in [0, 0.1) is 0 Å². The second-order valence-electron chi connectivity index (χ2n) is 8.91. The van der Waals surface area contributed by atoms with Crippen molar-refractivity contribution in [1.29, 1.82) is 0 Å². The molecule has 2 aromatic heterocycles. The van der Waals surface area contributed by atoms with E-state index in [1.54, 1.807) is 0 Å². The molecule has 0 spiro atoms. The second kappa shape index (κ2) is 12.7. The maximum absolute atomic E-state index is 13.1. The number of thiocarbonyl (C=S) groups is 1. The average Bonchev–Trinajstić information content (AvgIpc) is 3.37. The summed E-state index contributed by atoms with van der Waals surface area (Å²) in [7, 11) is -2.37. The number of nitrogen functional groups attached to an aromatic ring is 1. The molecule has 2 aromatic rings. The number of nitrogens with one attached hydrogen (secondary N) is 3. The van der Waals surface area contributed by atoms with E-state index in [9.17, 15) is 37.5 Å². The number of fused-ring (bicyclic) bond motifs is 1. The monoisotopic (exact) mass is 673 g/mol. The molecule has 2 amide bonds. The fourth-order valence-electron chi connectivity index (χ4n) is 4.19. The number of sulfonamides is 1. The van der Waals surface area contributed by atoms with Gasteiger partial charge in [0, 0.05) is 30.6 Å². The zero-order chi connectivity index (χ0) is 31.6. The highest BCUT2D eigenvalue weighted by Crippen LogP contribution is 2.41. The number of amides is 2. The summed E-state index contributed by atoms with van der Waals surface area (Å²) in [6.07, 6.45) is 0.688. The van der Waals surface area contributed by atoms with Crippen molar-refractivity contribution in [2.24, 2.45) is 5.16 Å². The highest BCUT2D eigenvalue weighted by molar-refractivity contribution is 8.00. The summed E-state index contributed by atoms with van der Waals surface area (Å²) >= 11 is 7.67. The lowest BCUT2D eigenvalue weighted by Gasteiger charge is -2.49. The third-order valence-electron chi connectivity index (χ3n) is 5.98. The number of carbonyl (C=O) groups is 3. The quantitative estimate of drug-likeness (QED) is 0.0387. The van der Waals surface area contributed by atoms with Crippen LogP contribution in [-0.2, 0) is 35.8 Å². The van der Waals surface area contributed by atoms with Gasteiger partial charge in [0.2, 0.25) is 10.0 Å². The van der Waals surface area contributed by atoms with Gasteiger partial charge in [0.15, 0.2) is 16.7 Å². The molecule has 2 aliphatic heterocycles. The number of thiazole rings is 1. The number of aliphatic carboxylic acids is 1. The largest absolute Gasteiger partial charge is 0.477 e. The molecule has 6 N–H and O–H groups in total. The summed E-state index contributed by atoms with van der Waals surface area (Å²) in [5.74, 6) is -3.01. The van der Waals surface area contributed by atoms with E-state index in [0.29, 0.717) is 0 Å². The van der Waals surface area contributed by atoms with Crippen LogP contribution in [0.15, 0.2) is 31.4 Å². The summed E-state index contributed by atoms with van der Waals surface area (Å²) in [5.41, 5.74) is 3.30. The maximum Gasteiger partial charge on any atom is 0.352 e. The molecule has 230 valence electrons. The molecule has 0 radical (unpaired) electrons. The molecule has 43 heavy (non-hydrogen) atoms. The zero-order valence-corrected chi connectivity index (χ0v) is 25.5. The molecule has 0 aromatic carbocycles. The van der Waals surface area contributed by atoms with Gasteiger partial charge in [-0.1, -0.05) is 17.4 Å². The van der Waals surface area contributed by atoms with Crippen LogP contribution in [0.1, 0.15) is 17.9 Å². The number of thioether (sulfide) groups is 1. The van der Waals surface area contributed by atoms with E-state index in [0.717, 1.165) is 27.1 Å². The van der Waals surface area contributed by atoms with Gasteiger partial charge in [-0.15, -0.1) is 23.1 Å². The minimum absolute atomic E-state index is 0.0405. The number of anilines is 1. The number of aromatic amines is 1. The minimum Gasteiger partial charge on any atom is -0.477 e. The van der Waals surface area contributed by atoms with E-state index >= 15 is 0 Å². The number of nitrogens with two attached hydrogens (primary N) is 1. The van der Waals surface area contributed by atoms with Crippen molar-refractivity contribution in [3.63, 3.8) is 0 Å². The maximum atomic E-state index is 13.1. The topological polar surface area (TPSA) is 261 Å². The van der Waals surface area contributed by atoms with Crippen molar-refractivity contribution in [1.82, 2.24) is 34.7 Å². The number of aromatic nitrogens is 4. The van der Waals surface area contributed by atoms with Crippen LogP contribution in [0.25, 0.3) is 0 Å². The van der Waals surface area contributed by atoms with Gasteiger partial charge in [0.25, 0.3) is 11.8 Å². The van der Waals surface area contributed by atoms with Crippen LogP contribution < -0.4 is 26.9 Å². The summed E-state index contributed by atoms with van der Waals surface area (Å²) in [6.45, 7) is -0.532. The Hall–Kier alpha value is -3.99. The van der Waals surface area contributed by atoms with Crippen LogP contribution in [0.3, 0.4) is 0 Å². The number of rotatable bonds is 12. The molecular formula is C21H23N9O9S4. The Bertz CT molecular complexity index is 1790. The Morgan fingerprint density at radius 3 is 2.67 bits per heavy atom. The minimum atomic E-state index is -3.60. The van der Waals surface area contributed by atoms with E-state index in [1.165, 1.54) is 24.3 Å². The van der Waals surface area contributed by atoms with E-state index in [1.807, 2.05) is 5.10 Å². The molecule has 4 rings (SSSR count). The van der Waals surface area contributed by atoms with Crippen LogP contribution in [0.5, 0.6) is 0 Å². The molecule has 22 heteroatoms. The third-order valence-corrected chi connectivity index (χ3v) is 9.05. The van der Waals surface area contributed by atoms with Crippen LogP contribution in [0.4, 0.5) is 5.13 Å². The first-order valence-corrected chi connectivity index (χ1v) is 16.2. The summed E-state index contributed by atoms with van der Waals surface area (Å²) in [5, 5.41) is 23.0. The van der Waals surface area contributed by atoms with Gasteiger partial charge in [-0.25, -0.2) is 28.0 Å². The number of H-pyrrole nitrogens is 1. The molecular weight excluding hydrogens is 651 g/mol. The Balaban J connectivity index is 1.55. The molecule has 2 aliphatic rings. The summed E-state index contributed by atoms with van der Waals surface area (Å²) in [6, 6.07) is -1.09. The van der Waals surface area contributed by atoms with Crippen molar-refractivity contribution < 1.29 is 32.7 Å². The molecule has 0 aliphatic carbocycles. The lowest BCUT2D eigenvalue weighted by atomic mass is 10.00. The average molecular weight is 674 g/mol. The molecule has 18 nitrogen and oxygen atoms in total. The Kier molecular flexibility index (Phi) is 9.44. The molecule has 4 heterocycles. The molecule has 2 unspecified atom stereocenters. The lowest BCUT2D eigenvalue weighted by molar-refractivity contribution is -0.150. The van der Waals surface area contributed by atoms with Crippen LogP contribution in [0.2, 0.25) is 0 Å². The fourth-order valence-corrected chi connectivity index (χ4v) is 6.87. The standard InChI is InChI=1S/C21H23N9O9S4/c1-39-28-11(9-7-42-21(22)24-9)15(31)25-12-17(33)30-13(20(35)36)8(6-41-19(12)30)5-10(40)14-26-27-16(32)18(34)29(14)4-3-23-43(2,37)38/h7,12,19,23H,3-6H2,1-2H3,(H2,22,24)(H,25,31)(H,27,32)(H,35,36). The van der Waals surface area contributed by atoms with Gasteiger partial charge < -0.3 is 21.0 Å². The van der Waals surface area contributed by atoms with E-state index in [-0.39, 0.29) is 63.8 Å². The molecule has 0 saturated carbocycles. The Labute approximate surface area is 255 Å². The van der Waals surface area contributed by atoms with E-state index in [2.05, 4.69) is 25.3 Å². The fraction of sp³-hybridized carbons (Fsp3) is 0.381. The number of β-lactam (4-membered cyclic amide) rings is 1. The zero-order valence-electron chi connectivity index (χ0n) is 22.2. The Morgan fingerprint density at radius 2 is 2.07 bits per heavy atom. The molecule has 0 bridgehead atoms. The molecule has 1 fully saturated rings. The van der Waals surface area contributed by atoms with Gasteiger partial charge in [-0.05, 0) is 5.57 Å². The summed E-state index contributed by atoms with van der Waals surface area (Å²) < 4.78 is 25.9. The number of carboxylic acids is 1. The first-order chi connectivity index (χ1) is 20.2. The normalized spacial score (nSPS) is 18.6. The first-order valence-electron chi connectivity index (χ1n) is 11.9. The molecule has 2 atom stereocenters. The van der Waals surface area contributed by atoms with E-state index in [4.69, 9.17) is 22.8 Å². The van der Waals surface area contributed by atoms with Crippen molar-refractivity contribution in [2.75, 3.05) is 31.4 Å². The van der Waals surface area contributed by atoms with Crippen molar-refractivity contribution in [3.05, 3.63) is 48.9 Å². The highest BCUT2D eigenvalue weighted by Gasteiger charge is 2.54. The first kappa shape index (κ1) is 31.9. The number of nitrogens with zero attached hydrogens (tertiary/aromatic N) is 5. The van der Waals surface area contributed by atoms with Crippen molar-refractivity contribution in [2.45, 2.75) is 24.4 Å². The second-order valence-corrected chi connectivity index (χ2v) is 13.2. The van der Waals surface area contributed by atoms with Crippen molar-refractivity contribution >= 4 is 78.8 Å². The predicted octanol–water partition coefficient (Wildman–Crippen LogP) is -2.58. The third kappa shape index (κ3) is 6.82. The Morgan fingerprint density at radius 1 is 1.35 bits per heavy atom. The SMILES string of the molecule is CON=C(C(=O)NC1C(=O)N2C(C(=O)O)=C(CC(=S)c3n[nH]c(=O)c(=O)n3CCNS(C)(=O)=O)CSC12)c1csc(N)n1. The highest BCUT2D eigenvalue weighted by atomic mass is 32.2. The number of oxime groups is 1. The summed E-state index contributed by atoms with van der Waals surface area (Å²) in [4.78, 5) is 72.4. The van der Waals surface area contributed by atoms with Gasteiger partial charge >= 0.3 is 17.1 Å². The number of hydrogen-bond donors (Lipinski definition) is 5. The number of carbonyl (C=O) groups excluding carboxylic acids is 2. The van der Waals surface area contributed by atoms with Gasteiger partial charge in [0.1, 0.15) is 29.9 Å². The smallest absolute Gasteiger partial charge is 0.352 e. The lowest BCUT2D eigenvalue weighted by Crippen LogP contribution is -2.71.